The average Bonchev–Trinajstić information content (AvgIpc) is 2.82. The molecule has 0 radical (unpaired) electrons. The van der Waals surface area contributed by atoms with Crippen LogP contribution in [-0.2, 0) is 13.2 Å². The summed E-state index contributed by atoms with van der Waals surface area (Å²) < 4.78 is 12.2. The molecule has 0 heterocycles. The van der Waals surface area contributed by atoms with Crippen LogP contribution in [-0.4, -0.2) is 24.8 Å². The summed E-state index contributed by atoms with van der Waals surface area (Å²) in [7, 11) is 0. The van der Waals surface area contributed by atoms with E-state index in [2.05, 4.69) is 35.1 Å². The summed E-state index contributed by atoms with van der Waals surface area (Å²) in [6.45, 7) is 12.3. The van der Waals surface area contributed by atoms with E-state index in [4.69, 9.17) is 20.9 Å². The molecular formula is C29H36N4O2. The molecule has 6 nitrogen and oxygen atoms in total. The van der Waals surface area contributed by atoms with Crippen molar-refractivity contribution in [3.8, 4) is 11.5 Å². The lowest BCUT2D eigenvalue weighted by Gasteiger charge is -2.14. The van der Waals surface area contributed by atoms with Gasteiger partial charge in [0, 0.05) is 24.2 Å². The summed E-state index contributed by atoms with van der Waals surface area (Å²) in [4.78, 5) is 8.55. The van der Waals surface area contributed by atoms with Crippen molar-refractivity contribution in [1.82, 2.24) is 0 Å². The van der Waals surface area contributed by atoms with Crippen molar-refractivity contribution in [3.05, 3.63) is 93.5 Å². The number of nitrogens with zero attached hydrogens (tertiary/aromatic N) is 2. The SMILES string of the molecule is CCN=C(N)c1ccc(OCc2cc(C)cc(COc3ccc(C(N)=NCC)cc3C)c2)c(C)c1. The van der Waals surface area contributed by atoms with Gasteiger partial charge in [0.05, 0.1) is 0 Å². The second-order valence-corrected chi connectivity index (χ2v) is 8.58. The van der Waals surface area contributed by atoms with Crippen molar-refractivity contribution in [3.63, 3.8) is 0 Å². The van der Waals surface area contributed by atoms with Crippen molar-refractivity contribution >= 4 is 11.7 Å². The number of hydrogen-bond acceptors (Lipinski definition) is 4. The Morgan fingerprint density at radius 2 is 1.09 bits per heavy atom. The lowest BCUT2D eigenvalue weighted by atomic mass is 10.1. The van der Waals surface area contributed by atoms with Crippen LogP contribution in [0.25, 0.3) is 0 Å². The average molecular weight is 473 g/mol. The second-order valence-electron chi connectivity index (χ2n) is 8.58. The van der Waals surface area contributed by atoms with Crippen LogP contribution in [0.5, 0.6) is 11.5 Å². The summed E-state index contributed by atoms with van der Waals surface area (Å²) in [5, 5.41) is 0. The molecule has 0 saturated carbocycles. The Hall–Kier alpha value is -3.80. The molecule has 3 aromatic carbocycles. The number of benzene rings is 3. The van der Waals surface area contributed by atoms with E-state index >= 15 is 0 Å². The molecule has 0 aliphatic carbocycles. The molecule has 0 spiro atoms. The van der Waals surface area contributed by atoms with Crippen molar-refractivity contribution in [2.45, 2.75) is 47.8 Å². The van der Waals surface area contributed by atoms with Crippen LogP contribution < -0.4 is 20.9 Å². The molecule has 35 heavy (non-hydrogen) atoms. The van der Waals surface area contributed by atoms with E-state index in [1.165, 1.54) is 0 Å². The highest BCUT2D eigenvalue weighted by atomic mass is 16.5. The first-order valence-electron chi connectivity index (χ1n) is 12.0. The van der Waals surface area contributed by atoms with Crippen molar-refractivity contribution < 1.29 is 9.47 Å². The number of aliphatic imine (C=N–C) groups is 2. The topological polar surface area (TPSA) is 95.2 Å². The Balaban J connectivity index is 1.66. The van der Waals surface area contributed by atoms with Crippen LogP contribution in [0.15, 0.2) is 64.6 Å². The lowest BCUT2D eigenvalue weighted by molar-refractivity contribution is 0.297. The van der Waals surface area contributed by atoms with Gasteiger partial charge in [0.25, 0.3) is 0 Å². The molecular weight excluding hydrogens is 436 g/mol. The first-order chi connectivity index (χ1) is 16.8. The fraction of sp³-hybridized carbons (Fsp3) is 0.310. The van der Waals surface area contributed by atoms with Gasteiger partial charge in [0.2, 0.25) is 0 Å². The molecule has 0 amide bonds. The fourth-order valence-electron chi connectivity index (χ4n) is 3.90. The Morgan fingerprint density at radius 1 is 0.657 bits per heavy atom. The minimum Gasteiger partial charge on any atom is -0.489 e. The molecule has 3 rings (SSSR count). The zero-order valence-electron chi connectivity index (χ0n) is 21.4. The van der Waals surface area contributed by atoms with E-state index in [9.17, 15) is 0 Å². The number of amidine groups is 2. The van der Waals surface area contributed by atoms with Gasteiger partial charge in [-0.2, -0.15) is 0 Å². The van der Waals surface area contributed by atoms with Gasteiger partial charge >= 0.3 is 0 Å². The summed E-state index contributed by atoms with van der Waals surface area (Å²) in [5.74, 6) is 2.76. The van der Waals surface area contributed by atoms with E-state index in [0.29, 0.717) is 38.0 Å². The predicted octanol–water partition coefficient (Wildman–Crippen LogP) is 5.22. The van der Waals surface area contributed by atoms with E-state index < -0.39 is 0 Å². The highest BCUT2D eigenvalue weighted by Gasteiger charge is 2.08. The molecule has 4 N–H and O–H groups in total. The number of ether oxygens (including phenoxy) is 2. The third-order valence-corrected chi connectivity index (χ3v) is 5.58. The summed E-state index contributed by atoms with van der Waals surface area (Å²) in [6, 6.07) is 18.2. The molecule has 184 valence electrons. The maximum Gasteiger partial charge on any atom is 0.125 e. The van der Waals surface area contributed by atoms with E-state index in [0.717, 1.165) is 50.4 Å². The normalized spacial score (nSPS) is 12.0. The number of aryl methyl sites for hydroxylation is 3. The van der Waals surface area contributed by atoms with Gasteiger partial charge in [0.15, 0.2) is 0 Å². The van der Waals surface area contributed by atoms with Gasteiger partial charge in [-0.15, -0.1) is 0 Å². The Labute approximate surface area is 208 Å². The Kier molecular flexibility index (Phi) is 8.90. The molecule has 0 bridgehead atoms. The molecule has 6 heteroatoms. The van der Waals surface area contributed by atoms with E-state index in [-0.39, 0.29) is 0 Å². The van der Waals surface area contributed by atoms with Crippen LogP contribution in [0.1, 0.15) is 52.8 Å². The first-order valence-corrected chi connectivity index (χ1v) is 12.0. The molecule has 0 aromatic heterocycles. The van der Waals surface area contributed by atoms with E-state index in [1.54, 1.807) is 0 Å². The van der Waals surface area contributed by atoms with Gasteiger partial charge in [-0.3, -0.25) is 9.98 Å². The number of hydrogen-bond donors (Lipinski definition) is 2. The second kappa shape index (κ2) is 12.1. The quantitative estimate of drug-likeness (QED) is 0.312. The molecule has 3 aromatic rings. The number of nitrogens with two attached hydrogens (primary N) is 2. The monoisotopic (exact) mass is 472 g/mol. The minimum atomic E-state index is 0.469. The Morgan fingerprint density at radius 3 is 1.46 bits per heavy atom. The minimum absolute atomic E-state index is 0.469. The van der Waals surface area contributed by atoms with Gasteiger partial charge < -0.3 is 20.9 Å². The lowest BCUT2D eigenvalue weighted by Crippen LogP contribution is -2.14. The van der Waals surface area contributed by atoms with Gasteiger partial charge in [0.1, 0.15) is 36.4 Å². The molecule has 0 aliphatic heterocycles. The number of rotatable bonds is 10. The van der Waals surface area contributed by atoms with Crippen LogP contribution in [0.4, 0.5) is 0 Å². The highest BCUT2D eigenvalue weighted by molar-refractivity contribution is 5.98. The summed E-state index contributed by atoms with van der Waals surface area (Å²) in [5.41, 5.74) is 19.3. The summed E-state index contributed by atoms with van der Waals surface area (Å²) >= 11 is 0. The van der Waals surface area contributed by atoms with Crippen LogP contribution in [0.3, 0.4) is 0 Å². The van der Waals surface area contributed by atoms with Gasteiger partial charge in [-0.25, -0.2) is 0 Å². The van der Waals surface area contributed by atoms with Crippen molar-refractivity contribution in [2.75, 3.05) is 13.1 Å². The molecule has 0 fully saturated rings. The molecule has 0 unspecified atom stereocenters. The first kappa shape index (κ1) is 25.8. The maximum absolute atomic E-state index is 6.12. The predicted molar refractivity (Wildman–Crippen MR) is 145 cm³/mol. The zero-order valence-corrected chi connectivity index (χ0v) is 21.4. The van der Waals surface area contributed by atoms with Crippen molar-refractivity contribution in [1.29, 1.82) is 0 Å². The largest absolute Gasteiger partial charge is 0.489 e. The van der Waals surface area contributed by atoms with Crippen LogP contribution in [0, 0.1) is 20.8 Å². The third-order valence-electron chi connectivity index (χ3n) is 5.58. The van der Waals surface area contributed by atoms with Crippen LogP contribution in [0.2, 0.25) is 0 Å². The van der Waals surface area contributed by atoms with Gasteiger partial charge in [-0.05, 0) is 99.3 Å². The highest BCUT2D eigenvalue weighted by Crippen LogP contribution is 2.23. The third kappa shape index (κ3) is 7.09. The molecule has 0 atom stereocenters. The summed E-state index contributed by atoms with van der Waals surface area (Å²) in [6.07, 6.45) is 0. The standard InChI is InChI=1S/C29H36N4O2/c1-6-32-28(30)24-8-10-26(20(4)14-24)34-17-22-12-19(3)13-23(16-22)18-35-27-11-9-25(15-21(27)5)29(31)33-7-2/h8-16H,6-7,17-18H2,1-5H3,(H2,30,32)(H2,31,33). The Bertz CT molecular complexity index is 1140. The maximum atomic E-state index is 6.12. The molecule has 0 aliphatic rings. The fourth-order valence-corrected chi connectivity index (χ4v) is 3.90. The smallest absolute Gasteiger partial charge is 0.125 e. The van der Waals surface area contributed by atoms with Gasteiger partial charge in [-0.1, -0.05) is 17.7 Å². The van der Waals surface area contributed by atoms with Crippen molar-refractivity contribution in [2.24, 2.45) is 21.5 Å². The zero-order chi connectivity index (χ0) is 25.4. The molecule has 0 saturated heterocycles. The van der Waals surface area contributed by atoms with E-state index in [1.807, 2.05) is 64.1 Å². The van der Waals surface area contributed by atoms with Crippen LogP contribution >= 0.6 is 0 Å².